The normalized spacial score (nSPS) is 10.5. The summed E-state index contributed by atoms with van der Waals surface area (Å²) in [5.74, 6) is -0.0453. The molecule has 2 aromatic heterocycles. The number of aryl methyl sites for hydroxylation is 1. The van der Waals surface area contributed by atoms with Gasteiger partial charge in [0, 0.05) is 22.5 Å². The minimum Gasteiger partial charge on any atom is -0.326 e. The van der Waals surface area contributed by atoms with Gasteiger partial charge in [-0.25, -0.2) is 0 Å². The lowest BCUT2D eigenvalue weighted by molar-refractivity contribution is -0.115. The van der Waals surface area contributed by atoms with Crippen LogP contribution in [0.1, 0.15) is 10.6 Å². The van der Waals surface area contributed by atoms with Crippen LogP contribution in [0.25, 0.3) is 11.1 Å². The maximum atomic E-state index is 12.0. The zero-order valence-corrected chi connectivity index (χ0v) is 14.1. The maximum absolute atomic E-state index is 12.0. The van der Waals surface area contributed by atoms with Crippen molar-refractivity contribution in [3.8, 4) is 11.1 Å². The standard InChI is InChI=1S/C18H15ClN2OS/c1-12-10-14(8-9-20-12)13-2-4-15(5-3-13)21-18(22)11-16-6-7-17(19)23-16/h2-10H,11H2,1H3,(H,21,22). The van der Waals surface area contributed by atoms with Gasteiger partial charge in [-0.15, -0.1) is 11.3 Å². The Morgan fingerprint density at radius 2 is 1.91 bits per heavy atom. The molecule has 0 saturated heterocycles. The molecule has 5 heteroatoms. The van der Waals surface area contributed by atoms with Crippen LogP contribution in [0.3, 0.4) is 0 Å². The number of hydrogen-bond donors (Lipinski definition) is 1. The van der Waals surface area contributed by atoms with Crippen LogP contribution in [0.4, 0.5) is 5.69 Å². The molecule has 0 unspecified atom stereocenters. The average molecular weight is 343 g/mol. The number of aromatic nitrogens is 1. The van der Waals surface area contributed by atoms with Crippen LogP contribution in [-0.4, -0.2) is 10.9 Å². The summed E-state index contributed by atoms with van der Waals surface area (Å²) in [5.41, 5.74) is 3.98. The molecule has 0 aliphatic heterocycles. The first-order chi connectivity index (χ1) is 11.1. The highest BCUT2D eigenvalue weighted by atomic mass is 35.5. The number of halogens is 1. The topological polar surface area (TPSA) is 42.0 Å². The number of pyridine rings is 1. The molecule has 0 saturated carbocycles. The monoisotopic (exact) mass is 342 g/mol. The fourth-order valence-corrected chi connectivity index (χ4v) is 3.37. The van der Waals surface area contributed by atoms with E-state index in [4.69, 9.17) is 11.6 Å². The van der Waals surface area contributed by atoms with Crippen molar-refractivity contribution in [3.05, 3.63) is 69.6 Å². The molecule has 0 spiro atoms. The van der Waals surface area contributed by atoms with Crippen LogP contribution in [0, 0.1) is 6.92 Å². The quantitative estimate of drug-likeness (QED) is 0.728. The Hall–Kier alpha value is -2.17. The third kappa shape index (κ3) is 4.18. The molecule has 1 N–H and O–H groups in total. The number of anilines is 1. The van der Waals surface area contributed by atoms with Crippen LogP contribution in [-0.2, 0) is 11.2 Å². The number of nitrogens with zero attached hydrogens (tertiary/aromatic N) is 1. The van der Waals surface area contributed by atoms with Crippen LogP contribution in [0.15, 0.2) is 54.7 Å². The Bertz CT molecular complexity index is 827. The number of nitrogens with one attached hydrogen (secondary N) is 1. The highest BCUT2D eigenvalue weighted by Crippen LogP contribution is 2.23. The van der Waals surface area contributed by atoms with E-state index in [1.165, 1.54) is 11.3 Å². The van der Waals surface area contributed by atoms with Gasteiger partial charge in [-0.05, 0) is 54.4 Å². The molecule has 0 fully saturated rings. The fourth-order valence-electron chi connectivity index (χ4n) is 2.28. The molecule has 1 aromatic carbocycles. The SMILES string of the molecule is Cc1cc(-c2ccc(NC(=O)Cc3ccc(Cl)s3)cc2)ccn1. The Morgan fingerprint density at radius 3 is 2.57 bits per heavy atom. The number of amides is 1. The van der Waals surface area contributed by atoms with E-state index in [1.54, 1.807) is 12.3 Å². The van der Waals surface area contributed by atoms with Crippen molar-refractivity contribution in [2.24, 2.45) is 0 Å². The van der Waals surface area contributed by atoms with Crippen LogP contribution in [0.5, 0.6) is 0 Å². The number of carbonyl (C=O) groups is 1. The van der Waals surface area contributed by atoms with E-state index < -0.39 is 0 Å². The van der Waals surface area contributed by atoms with Gasteiger partial charge in [-0.1, -0.05) is 23.7 Å². The van der Waals surface area contributed by atoms with E-state index in [9.17, 15) is 4.79 Å². The lowest BCUT2D eigenvalue weighted by Crippen LogP contribution is -2.13. The van der Waals surface area contributed by atoms with E-state index in [0.717, 1.165) is 27.4 Å². The van der Waals surface area contributed by atoms with E-state index in [0.29, 0.717) is 10.8 Å². The predicted molar refractivity (Wildman–Crippen MR) is 96.1 cm³/mol. The zero-order valence-electron chi connectivity index (χ0n) is 12.5. The van der Waals surface area contributed by atoms with Crippen LogP contribution >= 0.6 is 22.9 Å². The molecule has 116 valence electrons. The number of hydrogen-bond acceptors (Lipinski definition) is 3. The molecule has 3 rings (SSSR count). The lowest BCUT2D eigenvalue weighted by atomic mass is 10.1. The molecule has 0 aliphatic carbocycles. The molecule has 3 aromatic rings. The van der Waals surface area contributed by atoms with Crippen LogP contribution < -0.4 is 5.32 Å². The van der Waals surface area contributed by atoms with Crippen molar-refractivity contribution in [1.82, 2.24) is 4.98 Å². The second-order valence-electron chi connectivity index (χ2n) is 5.19. The van der Waals surface area contributed by atoms with Gasteiger partial charge >= 0.3 is 0 Å². The van der Waals surface area contributed by atoms with Crippen molar-refractivity contribution in [2.45, 2.75) is 13.3 Å². The smallest absolute Gasteiger partial charge is 0.229 e. The molecule has 2 heterocycles. The third-order valence-electron chi connectivity index (χ3n) is 3.36. The third-order valence-corrected chi connectivity index (χ3v) is 4.59. The highest BCUT2D eigenvalue weighted by Gasteiger charge is 2.07. The summed E-state index contributed by atoms with van der Waals surface area (Å²) in [6.45, 7) is 1.97. The molecule has 1 amide bonds. The van der Waals surface area contributed by atoms with E-state index >= 15 is 0 Å². The van der Waals surface area contributed by atoms with Gasteiger partial charge in [-0.3, -0.25) is 9.78 Å². The van der Waals surface area contributed by atoms with Crippen molar-refractivity contribution in [2.75, 3.05) is 5.32 Å². The van der Waals surface area contributed by atoms with Crippen LogP contribution in [0.2, 0.25) is 4.34 Å². The maximum Gasteiger partial charge on any atom is 0.229 e. The molecule has 0 radical (unpaired) electrons. The van der Waals surface area contributed by atoms with Crippen molar-refractivity contribution in [3.63, 3.8) is 0 Å². The summed E-state index contributed by atoms with van der Waals surface area (Å²) < 4.78 is 0.699. The molecule has 3 nitrogen and oxygen atoms in total. The summed E-state index contributed by atoms with van der Waals surface area (Å²) in [7, 11) is 0. The minimum absolute atomic E-state index is 0.0453. The van der Waals surface area contributed by atoms with Gasteiger partial charge in [0.1, 0.15) is 0 Å². The second-order valence-corrected chi connectivity index (χ2v) is 6.99. The number of thiophene rings is 1. The van der Waals surface area contributed by atoms with E-state index in [1.807, 2.05) is 49.4 Å². The first-order valence-electron chi connectivity index (χ1n) is 7.17. The van der Waals surface area contributed by atoms with Gasteiger partial charge in [0.2, 0.25) is 5.91 Å². The van der Waals surface area contributed by atoms with Crippen molar-refractivity contribution in [1.29, 1.82) is 0 Å². The Kier molecular flexibility index (Phi) is 4.74. The lowest BCUT2D eigenvalue weighted by Gasteiger charge is -2.07. The van der Waals surface area contributed by atoms with Gasteiger partial charge in [-0.2, -0.15) is 0 Å². The largest absolute Gasteiger partial charge is 0.326 e. The molecular weight excluding hydrogens is 328 g/mol. The molecule has 0 aliphatic rings. The molecular formula is C18H15ClN2OS. The van der Waals surface area contributed by atoms with Gasteiger partial charge in [0.25, 0.3) is 0 Å². The number of benzene rings is 1. The minimum atomic E-state index is -0.0453. The summed E-state index contributed by atoms with van der Waals surface area (Å²) in [6, 6.07) is 15.5. The van der Waals surface area contributed by atoms with Crippen molar-refractivity contribution < 1.29 is 4.79 Å². The molecule has 23 heavy (non-hydrogen) atoms. The van der Waals surface area contributed by atoms with E-state index in [-0.39, 0.29) is 5.91 Å². The first-order valence-corrected chi connectivity index (χ1v) is 8.37. The van der Waals surface area contributed by atoms with Gasteiger partial charge in [0.15, 0.2) is 0 Å². The second kappa shape index (κ2) is 6.94. The van der Waals surface area contributed by atoms with Crippen molar-refractivity contribution >= 4 is 34.5 Å². The number of rotatable bonds is 4. The number of carbonyl (C=O) groups excluding carboxylic acids is 1. The van der Waals surface area contributed by atoms with E-state index in [2.05, 4.69) is 10.3 Å². The molecule has 0 bridgehead atoms. The Balaban J connectivity index is 1.66. The van der Waals surface area contributed by atoms with Gasteiger partial charge in [0.05, 0.1) is 10.8 Å². The summed E-state index contributed by atoms with van der Waals surface area (Å²) in [4.78, 5) is 17.2. The predicted octanol–water partition coefficient (Wildman–Crippen LogP) is 4.95. The highest BCUT2D eigenvalue weighted by molar-refractivity contribution is 7.16. The van der Waals surface area contributed by atoms with Gasteiger partial charge < -0.3 is 5.32 Å². The zero-order chi connectivity index (χ0) is 16.2. The fraction of sp³-hybridized carbons (Fsp3) is 0.111. The average Bonchev–Trinajstić information content (AvgIpc) is 2.93. The Labute approximate surface area is 144 Å². The summed E-state index contributed by atoms with van der Waals surface area (Å²) >= 11 is 7.30. The molecule has 0 atom stereocenters. The summed E-state index contributed by atoms with van der Waals surface area (Å²) in [6.07, 6.45) is 2.13. The Morgan fingerprint density at radius 1 is 1.13 bits per heavy atom. The first kappa shape index (κ1) is 15.7. The summed E-state index contributed by atoms with van der Waals surface area (Å²) in [5, 5.41) is 2.90.